The van der Waals surface area contributed by atoms with Gasteiger partial charge in [0.05, 0.1) is 5.41 Å². The SMILES string of the molecule is FCC(CF)(c1ccc(-c2ccc3cc(-c4c5ccccc5c(-c5ccc6ccccc6c5)c5ccccc45)ccc3c2)cc1)c1ccc(-c2ccc3cc(-c4c5ccccc5c(-c5ccc6ccccc6c5)c5ccccc45)ccc3c2)cc1. The Morgan fingerprint density at radius 3 is 0.659 bits per heavy atom. The van der Waals surface area contributed by atoms with E-state index in [0.29, 0.717) is 11.1 Å². The van der Waals surface area contributed by atoms with Crippen molar-refractivity contribution < 1.29 is 8.78 Å². The van der Waals surface area contributed by atoms with Crippen molar-refractivity contribution in [3.63, 3.8) is 0 Å². The Bertz CT molecular complexity index is 4880. The van der Waals surface area contributed by atoms with Crippen LogP contribution in [0.15, 0.2) is 303 Å². The molecule has 0 aliphatic rings. The van der Waals surface area contributed by atoms with Crippen LogP contribution in [0.25, 0.3) is 153 Å². The van der Waals surface area contributed by atoms with Crippen molar-refractivity contribution in [3.8, 4) is 66.8 Å². The van der Waals surface area contributed by atoms with Crippen molar-refractivity contribution in [1.29, 1.82) is 0 Å². The molecule has 0 aliphatic carbocycles. The minimum Gasteiger partial charge on any atom is -0.250 e. The summed E-state index contributed by atoms with van der Waals surface area (Å²) in [6.07, 6.45) is 0. The zero-order valence-electron chi connectivity index (χ0n) is 46.5. The molecule has 16 rings (SSSR count). The van der Waals surface area contributed by atoms with E-state index in [2.05, 4.69) is 255 Å². The van der Waals surface area contributed by atoms with Gasteiger partial charge < -0.3 is 0 Å². The zero-order valence-corrected chi connectivity index (χ0v) is 46.5. The second-order valence-corrected chi connectivity index (χ2v) is 22.9. The largest absolute Gasteiger partial charge is 0.250 e. The molecule has 2 heteroatoms. The van der Waals surface area contributed by atoms with Gasteiger partial charge in [-0.15, -0.1) is 0 Å². The quantitative estimate of drug-likeness (QED) is 0.120. The minimum atomic E-state index is -1.44. The summed E-state index contributed by atoms with van der Waals surface area (Å²) in [4.78, 5) is 0. The van der Waals surface area contributed by atoms with Gasteiger partial charge in [-0.05, 0) is 200 Å². The number of hydrogen-bond acceptors (Lipinski definition) is 0. The predicted molar refractivity (Wildman–Crippen MR) is 358 cm³/mol. The summed E-state index contributed by atoms with van der Waals surface area (Å²) >= 11 is 0. The second-order valence-electron chi connectivity index (χ2n) is 22.9. The Labute approximate surface area is 492 Å². The molecule has 0 aliphatic heterocycles. The Hall–Kier alpha value is -10.5. The molecule has 0 aromatic heterocycles. The van der Waals surface area contributed by atoms with Crippen LogP contribution in [0.1, 0.15) is 11.1 Å². The Kier molecular flexibility index (Phi) is 12.1. The lowest BCUT2D eigenvalue weighted by Crippen LogP contribution is -2.32. The van der Waals surface area contributed by atoms with E-state index in [4.69, 9.17) is 0 Å². The Morgan fingerprint density at radius 2 is 0.388 bits per heavy atom. The Morgan fingerprint density at radius 1 is 0.188 bits per heavy atom. The van der Waals surface area contributed by atoms with Crippen molar-refractivity contribution in [3.05, 3.63) is 314 Å². The fraction of sp³-hybridized carbons (Fsp3) is 0.0361. The van der Waals surface area contributed by atoms with E-state index >= 15 is 8.78 Å². The summed E-state index contributed by atoms with van der Waals surface area (Å²) in [5, 5.41) is 19.2. The topological polar surface area (TPSA) is 0 Å². The van der Waals surface area contributed by atoms with Gasteiger partial charge in [0.2, 0.25) is 0 Å². The van der Waals surface area contributed by atoms with Crippen LogP contribution in [0.2, 0.25) is 0 Å². The molecule has 0 spiro atoms. The summed E-state index contributed by atoms with van der Waals surface area (Å²) in [5.41, 5.74) is 13.5. The molecule has 400 valence electrons. The van der Waals surface area contributed by atoms with Gasteiger partial charge in [-0.1, -0.05) is 267 Å². The molecule has 0 amide bonds. The molecule has 16 aromatic carbocycles. The molecule has 0 unspecified atom stereocenters. The molecule has 85 heavy (non-hydrogen) atoms. The van der Waals surface area contributed by atoms with Gasteiger partial charge in [0.15, 0.2) is 0 Å². The number of benzene rings is 16. The van der Waals surface area contributed by atoms with Gasteiger partial charge >= 0.3 is 0 Å². The van der Waals surface area contributed by atoms with E-state index < -0.39 is 18.8 Å². The van der Waals surface area contributed by atoms with Crippen LogP contribution in [0, 0.1) is 0 Å². The van der Waals surface area contributed by atoms with Crippen LogP contribution in [0.5, 0.6) is 0 Å². The highest BCUT2D eigenvalue weighted by molar-refractivity contribution is 6.24. The van der Waals surface area contributed by atoms with Crippen molar-refractivity contribution in [1.82, 2.24) is 0 Å². The first-order valence-electron chi connectivity index (χ1n) is 29.3. The van der Waals surface area contributed by atoms with Gasteiger partial charge in [-0.25, -0.2) is 8.78 Å². The highest BCUT2D eigenvalue weighted by Gasteiger charge is 2.35. The van der Waals surface area contributed by atoms with E-state index in [1.54, 1.807) is 0 Å². The van der Waals surface area contributed by atoms with Crippen LogP contribution in [0.4, 0.5) is 8.78 Å². The average Bonchev–Trinajstić information content (AvgIpc) is 1.87. The normalized spacial score (nSPS) is 12.0. The maximum Gasteiger partial charge on any atom is 0.106 e. The van der Waals surface area contributed by atoms with Crippen molar-refractivity contribution >= 4 is 86.2 Å². The standard InChI is InChI=1S/C83H54F2/c84-51-83(52-85,69-41-37-55(38-42-69)59-27-29-63-49-67(35-31-61(63)45-59)81-75-21-9-5-17-71(75)79(72-18-6-10-22-76(72)81)65-33-25-53-13-1-3-15-57(53)47-65)70-43-39-56(40-44-70)60-28-30-64-50-68(36-32-62(64)46-60)82-77-23-11-7-19-73(77)80(74-20-8-12-24-78(74)82)66-34-26-54-14-2-4-16-58(54)48-66/h1-50H,51-52H2. The van der Waals surface area contributed by atoms with E-state index in [0.717, 1.165) is 54.9 Å². The minimum absolute atomic E-state index is 0.607. The summed E-state index contributed by atoms with van der Waals surface area (Å²) in [6.45, 7) is -1.74. The number of alkyl halides is 2. The molecule has 0 radical (unpaired) electrons. The third kappa shape index (κ3) is 8.39. The fourth-order valence-corrected chi connectivity index (χ4v) is 13.8. The summed E-state index contributed by atoms with van der Waals surface area (Å²) in [7, 11) is 0. The summed E-state index contributed by atoms with van der Waals surface area (Å²) in [5.74, 6) is 0. The van der Waals surface area contributed by atoms with Crippen molar-refractivity contribution in [2.45, 2.75) is 5.41 Å². The molecule has 0 saturated carbocycles. The molecule has 0 saturated heterocycles. The van der Waals surface area contributed by atoms with Crippen LogP contribution in [-0.2, 0) is 5.41 Å². The molecule has 0 bridgehead atoms. The predicted octanol–water partition coefficient (Wildman–Crippen LogP) is 23.1. The highest BCUT2D eigenvalue weighted by Crippen LogP contribution is 2.47. The molecule has 0 fully saturated rings. The van der Waals surface area contributed by atoms with Gasteiger partial charge in [0, 0.05) is 0 Å². The van der Waals surface area contributed by atoms with Crippen LogP contribution in [0.3, 0.4) is 0 Å². The lowest BCUT2D eigenvalue weighted by Gasteiger charge is -2.29. The molecular formula is C83H54F2. The molecular weight excluding hydrogens is 1030 g/mol. The second kappa shape index (κ2) is 20.4. The molecule has 0 nitrogen and oxygen atoms in total. The lowest BCUT2D eigenvalue weighted by atomic mass is 9.76. The van der Waals surface area contributed by atoms with Crippen LogP contribution >= 0.6 is 0 Å². The molecule has 0 atom stereocenters. The average molecular weight is 1090 g/mol. The third-order valence-corrected chi connectivity index (χ3v) is 18.2. The first kappa shape index (κ1) is 50.2. The zero-order chi connectivity index (χ0) is 56.6. The van der Waals surface area contributed by atoms with E-state index in [9.17, 15) is 0 Å². The smallest absolute Gasteiger partial charge is 0.106 e. The van der Waals surface area contributed by atoms with Gasteiger partial charge in [-0.3, -0.25) is 0 Å². The fourth-order valence-electron chi connectivity index (χ4n) is 13.8. The molecule has 0 N–H and O–H groups in total. The van der Waals surface area contributed by atoms with Crippen LogP contribution in [-0.4, -0.2) is 13.3 Å². The summed E-state index contributed by atoms with van der Waals surface area (Å²) < 4.78 is 31.2. The lowest BCUT2D eigenvalue weighted by molar-refractivity contribution is 0.279. The summed E-state index contributed by atoms with van der Waals surface area (Å²) in [6, 6.07) is 108. The molecule has 0 heterocycles. The molecule has 16 aromatic rings. The van der Waals surface area contributed by atoms with Gasteiger partial charge in [0.1, 0.15) is 13.3 Å². The number of fused-ring (bicyclic) bond motifs is 8. The van der Waals surface area contributed by atoms with Gasteiger partial charge in [-0.2, -0.15) is 0 Å². The van der Waals surface area contributed by atoms with Crippen LogP contribution < -0.4 is 0 Å². The number of halogens is 2. The van der Waals surface area contributed by atoms with Gasteiger partial charge in [0.25, 0.3) is 0 Å². The maximum absolute atomic E-state index is 15.6. The first-order valence-corrected chi connectivity index (χ1v) is 29.3. The van der Waals surface area contributed by atoms with Crippen molar-refractivity contribution in [2.24, 2.45) is 0 Å². The highest BCUT2D eigenvalue weighted by atomic mass is 19.1. The number of rotatable bonds is 10. The van der Waals surface area contributed by atoms with Crippen molar-refractivity contribution in [2.75, 3.05) is 13.3 Å². The Balaban J connectivity index is 0.675. The number of hydrogen-bond donors (Lipinski definition) is 0. The van der Waals surface area contributed by atoms with E-state index in [-0.39, 0.29) is 0 Å². The maximum atomic E-state index is 15.6. The first-order chi connectivity index (χ1) is 42.0. The third-order valence-electron chi connectivity index (χ3n) is 18.2. The monoisotopic (exact) mass is 1090 g/mol. The van der Waals surface area contributed by atoms with E-state index in [1.165, 1.54) is 98.0 Å². The van der Waals surface area contributed by atoms with E-state index in [1.807, 2.05) is 48.5 Å².